The van der Waals surface area contributed by atoms with Gasteiger partial charge < -0.3 is 10.6 Å². The van der Waals surface area contributed by atoms with Gasteiger partial charge in [-0.05, 0) is 79.0 Å². The van der Waals surface area contributed by atoms with Gasteiger partial charge in [-0.25, -0.2) is 0 Å². The number of nitrogens with one attached hydrogen (secondary N) is 2. The molecule has 2 N–H and O–H groups in total. The molecule has 3 rings (SSSR count). The molecule has 0 unspecified atom stereocenters. The van der Waals surface area contributed by atoms with Crippen molar-refractivity contribution in [2.75, 3.05) is 18.4 Å². The molecule has 1 atom stereocenters. The molecule has 1 saturated heterocycles. The number of likely N-dealkylation sites (tertiary alicyclic amines) is 1. The molecule has 0 aromatic heterocycles. The van der Waals surface area contributed by atoms with Crippen molar-refractivity contribution in [3.63, 3.8) is 0 Å². The van der Waals surface area contributed by atoms with Crippen LogP contribution in [0.2, 0.25) is 0 Å². The normalized spacial score (nSPS) is 16.2. The van der Waals surface area contributed by atoms with Crippen LogP contribution in [0.15, 0.2) is 53.0 Å². The smallest absolute Gasteiger partial charge is 0.241 e. The van der Waals surface area contributed by atoms with E-state index in [1.807, 2.05) is 62.4 Å². The summed E-state index contributed by atoms with van der Waals surface area (Å²) in [6.07, 6.45) is 1.54. The monoisotopic (exact) mass is 457 g/mol. The Morgan fingerprint density at radius 3 is 2.48 bits per heavy atom. The van der Waals surface area contributed by atoms with E-state index in [4.69, 9.17) is 0 Å². The van der Waals surface area contributed by atoms with Crippen LogP contribution in [0.5, 0.6) is 0 Å². The third kappa shape index (κ3) is 5.90. The summed E-state index contributed by atoms with van der Waals surface area (Å²) in [6.45, 7) is 5.98. The topological polar surface area (TPSA) is 61.4 Å². The van der Waals surface area contributed by atoms with Crippen LogP contribution >= 0.6 is 15.9 Å². The van der Waals surface area contributed by atoms with Crippen LogP contribution in [0.25, 0.3) is 0 Å². The van der Waals surface area contributed by atoms with E-state index in [-0.39, 0.29) is 23.8 Å². The molecule has 0 radical (unpaired) electrons. The van der Waals surface area contributed by atoms with Crippen molar-refractivity contribution in [3.05, 3.63) is 64.1 Å². The molecule has 5 nitrogen and oxygen atoms in total. The van der Waals surface area contributed by atoms with Crippen molar-refractivity contribution >= 4 is 33.4 Å². The van der Waals surface area contributed by atoms with Gasteiger partial charge in [-0.1, -0.05) is 36.4 Å². The van der Waals surface area contributed by atoms with E-state index in [2.05, 4.69) is 31.5 Å². The lowest BCUT2D eigenvalue weighted by atomic mass is 9.94. The molecule has 0 spiro atoms. The molecule has 154 valence electrons. The Kier molecular flexibility index (Phi) is 7.45. The lowest BCUT2D eigenvalue weighted by Crippen LogP contribution is -2.48. The molecule has 2 amide bonds. The largest absolute Gasteiger partial charge is 0.352 e. The molecule has 0 bridgehead atoms. The molecule has 1 heterocycles. The minimum Gasteiger partial charge on any atom is -0.352 e. The first-order valence-electron chi connectivity index (χ1n) is 10.1. The Balaban J connectivity index is 1.46. The predicted molar refractivity (Wildman–Crippen MR) is 120 cm³/mol. The second-order valence-corrected chi connectivity index (χ2v) is 8.52. The maximum Gasteiger partial charge on any atom is 0.241 e. The van der Waals surface area contributed by atoms with Crippen molar-refractivity contribution in [2.45, 2.75) is 39.3 Å². The second-order valence-electron chi connectivity index (χ2n) is 7.66. The minimum absolute atomic E-state index is 0.0106. The summed E-state index contributed by atoms with van der Waals surface area (Å²) in [5.74, 6) is 0.0900. The molecule has 1 fully saturated rings. The van der Waals surface area contributed by atoms with E-state index < -0.39 is 0 Å². The van der Waals surface area contributed by atoms with E-state index in [9.17, 15) is 9.59 Å². The van der Waals surface area contributed by atoms with E-state index in [1.165, 1.54) is 0 Å². The molecular formula is C23H28BrN3O2. The number of nitrogens with zero attached hydrogens (tertiary/aromatic N) is 1. The summed E-state index contributed by atoms with van der Waals surface area (Å²) in [5, 5.41) is 6.04. The lowest BCUT2D eigenvalue weighted by Gasteiger charge is -2.34. The van der Waals surface area contributed by atoms with Gasteiger partial charge in [0.25, 0.3) is 0 Å². The van der Waals surface area contributed by atoms with Crippen LogP contribution in [0.1, 0.15) is 30.9 Å². The molecule has 0 saturated carbocycles. The number of benzene rings is 2. The number of anilines is 1. The molecule has 2 aromatic carbocycles. The molecule has 29 heavy (non-hydrogen) atoms. The Morgan fingerprint density at radius 1 is 1.14 bits per heavy atom. The maximum absolute atomic E-state index is 12.7. The fourth-order valence-corrected chi connectivity index (χ4v) is 4.20. The zero-order valence-corrected chi connectivity index (χ0v) is 18.5. The van der Waals surface area contributed by atoms with Crippen LogP contribution < -0.4 is 10.6 Å². The number of aryl methyl sites for hydroxylation is 1. The van der Waals surface area contributed by atoms with E-state index in [0.717, 1.165) is 47.2 Å². The van der Waals surface area contributed by atoms with E-state index in [0.29, 0.717) is 6.54 Å². The van der Waals surface area contributed by atoms with Crippen molar-refractivity contribution in [1.82, 2.24) is 10.2 Å². The van der Waals surface area contributed by atoms with Gasteiger partial charge in [-0.3, -0.25) is 14.5 Å². The second kappa shape index (κ2) is 10.0. The van der Waals surface area contributed by atoms with Crippen LogP contribution in [0.4, 0.5) is 5.69 Å². The first-order valence-corrected chi connectivity index (χ1v) is 10.9. The summed E-state index contributed by atoms with van der Waals surface area (Å²) in [5.41, 5.74) is 3.02. The third-order valence-corrected chi connectivity index (χ3v) is 6.18. The Labute approximate surface area is 181 Å². The Morgan fingerprint density at radius 2 is 1.83 bits per heavy atom. The first-order chi connectivity index (χ1) is 13.9. The SMILES string of the molecule is Cc1ccc(NC(=O)[C@H](C)N2CCC(C(=O)NCc3ccccc3)CC2)c(Br)c1. The molecule has 1 aliphatic rings. The fraction of sp³-hybridized carbons (Fsp3) is 0.391. The zero-order chi connectivity index (χ0) is 20.8. The van der Waals surface area contributed by atoms with Gasteiger partial charge in [-0.15, -0.1) is 0 Å². The number of rotatable bonds is 6. The average Bonchev–Trinajstić information content (AvgIpc) is 2.74. The molecule has 1 aliphatic heterocycles. The van der Waals surface area contributed by atoms with Gasteiger partial charge in [-0.2, -0.15) is 0 Å². The highest BCUT2D eigenvalue weighted by molar-refractivity contribution is 9.10. The van der Waals surface area contributed by atoms with E-state index in [1.54, 1.807) is 0 Å². The van der Waals surface area contributed by atoms with Crippen molar-refractivity contribution in [2.24, 2.45) is 5.92 Å². The van der Waals surface area contributed by atoms with E-state index >= 15 is 0 Å². The number of piperidine rings is 1. The third-order valence-electron chi connectivity index (χ3n) is 5.52. The van der Waals surface area contributed by atoms with Crippen LogP contribution in [0, 0.1) is 12.8 Å². The average molecular weight is 458 g/mol. The molecule has 2 aromatic rings. The van der Waals surface area contributed by atoms with Crippen molar-refractivity contribution in [3.8, 4) is 0 Å². The Bertz CT molecular complexity index is 848. The van der Waals surface area contributed by atoms with Crippen LogP contribution in [0.3, 0.4) is 0 Å². The molecular weight excluding hydrogens is 430 g/mol. The minimum atomic E-state index is -0.239. The first kappa shape index (κ1) is 21.5. The predicted octanol–water partition coefficient (Wildman–Crippen LogP) is 4.11. The number of hydrogen-bond acceptors (Lipinski definition) is 3. The number of halogens is 1. The summed E-state index contributed by atoms with van der Waals surface area (Å²) in [4.78, 5) is 27.3. The van der Waals surface area contributed by atoms with Crippen LogP contribution in [-0.4, -0.2) is 35.8 Å². The zero-order valence-electron chi connectivity index (χ0n) is 17.0. The standard InChI is InChI=1S/C23H28BrN3O2/c1-16-8-9-21(20(24)14-16)26-22(28)17(2)27-12-10-19(11-13-27)23(29)25-15-18-6-4-3-5-7-18/h3-9,14,17,19H,10-13,15H2,1-2H3,(H,25,29)(H,26,28)/t17-/m0/s1. The number of amides is 2. The highest BCUT2D eigenvalue weighted by Gasteiger charge is 2.29. The lowest BCUT2D eigenvalue weighted by molar-refractivity contribution is -0.127. The highest BCUT2D eigenvalue weighted by atomic mass is 79.9. The summed E-state index contributed by atoms with van der Waals surface area (Å²) in [7, 11) is 0. The maximum atomic E-state index is 12.7. The van der Waals surface area contributed by atoms with Gasteiger partial charge in [0.05, 0.1) is 11.7 Å². The van der Waals surface area contributed by atoms with Gasteiger partial charge in [0, 0.05) is 16.9 Å². The van der Waals surface area contributed by atoms with Gasteiger partial charge in [0.15, 0.2) is 0 Å². The van der Waals surface area contributed by atoms with Crippen molar-refractivity contribution < 1.29 is 9.59 Å². The van der Waals surface area contributed by atoms with Gasteiger partial charge >= 0.3 is 0 Å². The Hall–Kier alpha value is -2.18. The number of carbonyl (C=O) groups excluding carboxylic acids is 2. The highest BCUT2D eigenvalue weighted by Crippen LogP contribution is 2.25. The quantitative estimate of drug-likeness (QED) is 0.685. The molecule has 0 aliphatic carbocycles. The fourth-order valence-electron chi connectivity index (χ4n) is 3.60. The van der Waals surface area contributed by atoms with Gasteiger partial charge in [0.2, 0.25) is 11.8 Å². The molecule has 6 heteroatoms. The van der Waals surface area contributed by atoms with Gasteiger partial charge in [0.1, 0.15) is 0 Å². The summed E-state index contributed by atoms with van der Waals surface area (Å²) in [6, 6.07) is 15.6. The summed E-state index contributed by atoms with van der Waals surface area (Å²) >= 11 is 3.50. The number of carbonyl (C=O) groups is 2. The van der Waals surface area contributed by atoms with Crippen molar-refractivity contribution in [1.29, 1.82) is 0 Å². The van der Waals surface area contributed by atoms with Crippen LogP contribution in [-0.2, 0) is 16.1 Å². The number of hydrogen-bond donors (Lipinski definition) is 2. The summed E-state index contributed by atoms with van der Waals surface area (Å²) < 4.78 is 0.881.